The van der Waals surface area contributed by atoms with Crippen molar-refractivity contribution in [3.63, 3.8) is 0 Å². The maximum Gasteiger partial charge on any atom is 0.228 e. The summed E-state index contributed by atoms with van der Waals surface area (Å²) in [6.07, 6.45) is 7.18. The molecule has 0 N–H and O–H groups in total. The summed E-state index contributed by atoms with van der Waals surface area (Å²) in [6.45, 7) is 7.10. The van der Waals surface area contributed by atoms with Gasteiger partial charge in [0.15, 0.2) is 0 Å². The predicted octanol–water partition coefficient (Wildman–Crippen LogP) is 4.72. The molecule has 1 heterocycles. The summed E-state index contributed by atoms with van der Waals surface area (Å²) in [4.78, 5) is 11.1. The highest BCUT2D eigenvalue weighted by atomic mass is 79.9. The Balaban J connectivity index is 2.00. The number of aromatic nitrogens is 1. The third kappa shape index (κ3) is 5.27. The second-order valence-corrected chi connectivity index (χ2v) is 7.00. The van der Waals surface area contributed by atoms with Gasteiger partial charge in [0.25, 0.3) is 0 Å². The Kier molecular flexibility index (Phi) is 6.24. The Morgan fingerprint density at radius 3 is 2.91 bits per heavy atom. The molecular formula is C17H26BrN3O. The summed E-state index contributed by atoms with van der Waals surface area (Å²) in [5.74, 6) is 1.61. The van der Waals surface area contributed by atoms with Crippen LogP contribution in [0.25, 0.3) is 0 Å². The van der Waals surface area contributed by atoms with Crippen molar-refractivity contribution in [3.8, 4) is 5.88 Å². The van der Waals surface area contributed by atoms with Crippen molar-refractivity contribution in [3.05, 3.63) is 16.2 Å². The quantitative estimate of drug-likeness (QED) is 0.492. The molecule has 0 saturated heterocycles. The van der Waals surface area contributed by atoms with Gasteiger partial charge in [0.1, 0.15) is 0 Å². The second-order valence-electron chi connectivity index (χ2n) is 6.15. The fourth-order valence-corrected chi connectivity index (χ4v) is 2.53. The van der Waals surface area contributed by atoms with Gasteiger partial charge in [-0.15, -0.1) is 0 Å². The smallest absolute Gasteiger partial charge is 0.228 e. The minimum atomic E-state index is 0.198. The molecule has 0 spiro atoms. The van der Waals surface area contributed by atoms with Gasteiger partial charge in [-0.1, -0.05) is 12.8 Å². The third-order valence-electron chi connectivity index (χ3n) is 3.99. The molecule has 4 nitrogen and oxygen atoms in total. The van der Waals surface area contributed by atoms with Gasteiger partial charge < -0.3 is 9.64 Å². The van der Waals surface area contributed by atoms with E-state index in [0.29, 0.717) is 5.88 Å². The van der Waals surface area contributed by atoms with E-state index < -0.39 is 0 Å². The van der Waals surface area contributed by atoms with E-state index in [9.17, 15) is 0 Å². The molecule has 0 bridgehead atoms. The van der Waals surface area contributed by atoms with Crippen LogP contribution in [0.2, 0.25) is 0 Å². The molecule has 1 aromatic rings. The molecule has 1 atom stereocenters. The van der Waals surface area contributed by atoms with Crippen LogP contribution in [-0.4, -0.2) is 35.9 Å². The van der Waals surface area contributed by atoms with Gasteiger partial charge in [0, 0.05) is 13.6 Å². The number of nitrogens with zero attached hydrogens (tertiary/aromatic N) is 3. The van der Waals surface area contributed by atoms with E-state index in [4.69, 9.17) is 4.74 Å². The summed E-state index contributed by atoms with van der Waals surface area (Å²) < 4.78 is 6.85. The summed E-state index contributed by atoms with van der Waals surface area (Å²) in [5, 5.41) is 0. The van der Waals surface area contributed by atoms with Crippen LogP contribution >= 0.6 is 15.9 Å². The molecular weight excluding hydrogens is 342 g/mol. The highest BCUT2D eigenvalue weighted by Gasteiger charge is 2.22. The molecule has 22 heavy (non-hydrogen) atoms. The van der Waals surface area contributed by atoms with Gasteiger partial charge in [0.05, 0.1) is 28.3 Å². The fraction of sp³-hybridized carbons (Fsp3) is 0.647. The van der Waals surface area contributed by atoms with Gasteiger partial charge in [0.2, 0.25) is 5.88 Å². The number of halogens is 1. The van der Waals surface area contributed by atoms with E-state index in [0.717, 1.165) is 34.7 Å². The molecule has 1 saturated carbocycles. The van der Waals surface area contributed by atoms with Crippen LogP contribution in [0.15, 0.2) is 15.5 Å². The lowest BCUT2D eigenvalue weighted by Crippen LogP contribution is -2.14. The summed E-state index contributed by atoms with van der Waals surface area (Å²) >= 11 is 3.55. The number of pyridine rings is 1. The van der Waals surface area contributed by atoms with Crippen LogP contribution < -0.4 is 4.74 Å². The van der Waals surface area contributed by atoms with Crippen LogP contribution in [0.3, 0.4) is 0 Å². The monoisotopic (exact) mass is 367 g/mol. The molecule has 0 amide bonds. The topological polar surface area (TPSA) is 37.7 Å². The van der Waals surface area contributed by atoms with Crippen LogP contribution in [-0.2, 0) is 0 Å². The Hall–Kier alpha value is -1.10. The van der Waals surface area contributed by atoms with Crippen LogP contribution in [0.5, 0.6) is 5.88 Å². The van der Waals surface area contributed by atoms with Gasteiger partial charge in [-0.3, -0.25) is 0 Å². The van der Waals surface area contributed by atoms with E-state index in [1.807, 2.05) is 31.3 Å². The molecule has 0 aliphatic heterocycles. The first-order chi connectivity index (χ1) is 10.5. The number of aryl methyl sites for hydroxylation is 1. The third-order valence-corrected chi connectivity index (χ3v) is 4.56. The van der Waals surface area contributed by atoms with E-state index in [1.54, 1.807) is 0 Å². The summed E-state index contributed by atoms with van der Waals surface area (Å²) in [6, 6.07) is 1.98. The molecule has 0 radical (unpaired) electrons. The van der Waals surface area contributed by atoms with Gasteiger partial charge in [-0.2, -0.15) is 0 Å². The summed E-state index contributed by atoms with van der Waals surface area (Å²) in [5.41, 5.74) is 1.75. The van der Waals surface area contributed by atoms with Gasteiger partial charge >= 0.3 is 0 Å². The molecule has 122 valence electrons. The molecule has 1 unspecified atom stereocenters. The molecule has 2 rings (SSSR count). The lowest BCUT2D eigenvalue weighted by Gasteiger charge is -2.16. The average molecular weight is 368 g/mol. The Labute approximate surface area is 142 Å². The molecule has 1 aromatic heterocycles. The van der Waals surface area contributed by atoms with E-state index >= 15 is 0 Å². The normalized spacial score (nSPS) is 16.0. The maximum absolute atomic E-state index is 5.99. The Morgan fingerprint density at radius 1 is 1.55 bits per heavy atom. The number of ether oxygens (including phenoxy) is 1. The zero-order valence-corrected chi connectivity index (χ0v) is 15.6. The van der Waals surface area contributed by atoms with Crippen molar-refractivity contribution in [1.82, 2.24) is 9.88 Å². The van der Waals surface area contributed by atoms with E-state index in [2.05, 4.69) is 39.8 Å². The van der Waals surface area contributed by atoms with Crippen molar-refractivity contribution < 1.29 is 4.74 Å². The van der Waals surface area contributed by atoms with Crippen molar-refractivity contribution in [2.24, 2.45) is 10.9 Å². The minimum Gasteiger partial charge on any atom is -0.474 e. The largest absolute Gasteiger partial charge is 0.474 e. The summed E-state index contributed by atoms with van der Waals surface area (Å²) in [7, 11) is 2.00. The predicted molar refractivity (Wildman–Crippen MR) is 95.2 cm³/mol. The van der Waals surface area contributed by atoms with Gasteiger partial charge in [-0.25, -0.2) is 9.98 Å². The first-order valence-corrected chi connectivity index (χ1v) is 8.87. The first-order valence-electron chi connectivity index (χ1n) is 8.07. The average Bonchev–Trinajstić information content (AvgIpc) is 3.31. The van der Waals surface area contributed by atoms with Crippen LogP contribution in [0.1, 0.15) is 45.2 Å². The number of hydrogen-bond acceptors (Lipinski definition) is 3. The van der Waals surface area contributed by atoms with Crippen LogP contribution in [0.4, 0.5) is 5.69 Å². The Bertz CT molecular complexity index is 529. The highest BCUT2D eigenvalue weighted by Crippen LogP contribution is 2.35. The zero-order valence-electron chi connectivity index (χ0n) is 14.0. The second kappa shape index (κ2) is 7.95. The molecule has 0 aromatic carbocycles. The van der Waals surface area contributed by atoms with Crippen molar-refractivity contribution in [2.45, 2.75) is 52.6 Å². The number of aliphatic imine (C=N–C) groups is 1. The lowest BCUT2D eigenvalue weighted by atomic mass is 10.1. The minimum absolute atomic E-state index is 0.198. The highest BCUT2D eigenvalue weighted by molar-refractivity contribution is 9.10. The Morgan fingerprint density at radius 2 is 2.27 bits per heavy atom. The molecule has 5 heteroatoms. The van der Waals surface area contributed by atoms with Crippen molar-refractivity contribution >= 4 is 28.0 Å². The fourth-order valence-electron chi connectivity index (χ4n) is 2.13. The van der Waals surface area contributed by atoms with E-state index in [1.165, 1.54) is 19.3 Å². The van der Waals surface area contributed by atoms with E-state index in [-0.39, 0.29) is 6.10 Å². The maximum atomic E-state index is 5.99. The first kappa shape index (κ1) is 17.3. The SMILES string of the molecule is CCN(C)/C=N/c1cc(Br)c(OC(C)CCC2CC2)nc1C. The van der Waals surface area contributed by atoms with Gasteiger partial charge in [-0.05, 0) is 61.5 Å². The lowest BCUT2D eigenvalue weighted by molar-refractivity contribution is 0.195. The standard InChI is InChI=1S/C17H26BrN3O/c1-5-21(4)11-19-16-10-15(18)17(20-13(16)3)22-12(2)6-7-14-8-9-14/h10-12,14H,5-9H2,1-4H3/b19-11+. The number of rotatable bonds is 8. The molecule has 1 aliphatic carbocycles. The molecule has 1 aliphatic rings. The zero-order chi connectivity index (χ0) is 16.1. The van der Waals surface area contributed by atoms with Crippen LogP contribution in [0, 0.1) is 12.8 Å². The number of hydrogen-bond donors (Lipinski definition) is 0. The molecule has 1 fully saturated rings. The van der Waals surface area contributed by atoms with Crippen molar-refractivity contribution in [1.29, 1.82) is 0 Å². The van der Waals surface area contributed by atoms with Crippen molar-refractivity contribution in [2.75, 3.05) is 13.6 Å².